The summed E-state index contributed by atoms with van der Waals surface area (Å²) in [5.74, 6) is 2.76. The predicted octanol–water partition coefficient (Wildman–Crippen LogP) is 4.37. The molecule has 2 saturated carbocycles. The van der Waals surface area contributed by atoms with Crippen molar-refractivity contribution in [3.05, 3.63) is 23.8 Å². The van der Waals surface area contributed by atoms with Crippen LogP contribution in [0.4, 0.5) is 0 Å². The van der Waals surface area contributed by atoms with Crippen molar-refractivity contribution in [2.24, 2.45) is 17.8 Å². The van der Waals surface area contributed by atoms with Gasteiger partial charge in [-0.15, -0.1) is 0 Å². The van der Waals surface area contributed by atoms with Gasteiger partial charge in [-0.1, -0.05) is 12.8 Å². The summed E-state index contributed by atoms with van der Waals surface area (Å²) < 4.78 is 16.5. The molecule has 2 atom stereocenters. The van der Waals surface area contributed by atoms with Crippen LogP contribution < -0.4 is 14.8 Å². The Morgan fingerprint density at radius 2 is 1.69 bits per heavy atom. The van der Waals surface area contributed by atoms with Crippen LogP contribution in [0.25, 0.3) is 0 Å². The number of methoxy groups -OCH3 is 2. The number of ether oxygens (including phenoxy) is 3. The van der Waals surface area contributed by atoms with Crippen LogP contribution in [-0.4, -0.2) is 87.3 Å². The second-order valence-corrected chi connectivity index (χ2v) is 11.9. The Kier molecular flexibility index (Phi) is 10.9. The lowest BCUT2D eigenvalue weighted by Crippen LogP contribution is -2.45. The Balaban J connectivity index is 1.41. The van der Waals surface area contributed by atoms with E-state index in [9.17, 15) is 9.59 Å². The van der Waals surface area contributed by atoms with Gasteiger partial charge in [-0.05, 0) is 75.5 Å². The minimum atomic E-state index is -0.00333. The van der Waals surface area contributed by atoms with Crippen molar-refractivity contribution in [3.8, 4) is 11.5 Å². The highest BCUT2D eigenvalue weighted by atomic mass is 16.5. The quantitative estimate of drug-likeness (QED) is 0.331. The van der Waals surface area contributed by atoms with Gasteiger partial charge < -0.3 is 29.3 Å². The minimum absolute atomic E-state index is 0.00333. The Labute approximate surface area is 234 Å². The number of nitrogens with one attached hydrogen (secondary N) is 1. The van der Waals surface area contributed by atoms with Crippen LogP contribution >= 0.6 is 0 Å². The van der Waals surface area contributed by atoms with Gasteiger partial charge in [0.15, 0.2) is 11.5 Å². The third-order valence-corrected chi connectivity index (χ3v) is 8.63. The largest absolute Gasteiger partial charge is 0.493 e. The van der Waals surface area contributed by atoms with Crippen LogP contribution in [0.3, 0.4) is 0 Å². The summed E-state index contributed by atoms with van der Waals surface area (Å²) in [6, 6.07) is 5.89. The number of benzene rings is 1. The third kappa shape index (κ3) is 8.10. The van der Waals surface area contributed by atoms with Crippen molar-refractivity contribution in [1.82, 2.24) is 15.1 Å². The average molecular weight is 544 g/mol. The number of amides is 2. The number of hydrogen-bond acceptors (Lipinski definition) is 6. The van der Waals surface area contributed by atoms with E-state index in [0.717, 1.165) is 38.9 Å². The fourth-order valence-corrected chi connectivity index (χ4v) is 6.14. The topological polar surface area (TPSA) is 80.3 Å². The molecule has 4 rings (SSSR count). The molecule has 218 valence electrons. The molecule has 1 heterocycles. The zero-order valence-corrected chi connectivity index (χ0v) is 24.5. The maximum Gasteiger partial charge on any atom is 0.254 e. The van der Waals surface area contributed by atoms with Gasteiger partial charge in [-0.3, -0.25) is 9.59 Å². The molecule has 1 aliphatic heterocycles. The predicted molar refractivity (Wildman–Crippen MR) is 152 cm³/mol. The van der Waals surface area contributed by atoms with E-state index in [1.807, 2.05) is 11.0 Å². The first-order valence-corrected chi connectivity index (χ1v) is 15.0. The molecule has 2 amide bonds. The molecule has 0 radical (unpaired) electrons. The molecule has 8 nitrogen and oxygen atoms in total. The highest BCUT2D eigenvalue weighted by Gasteiger charge is 2.39. The van der Waals surface area contributed by atoms with Gasteiger partial charge in [-0.2, -0.15) is 0 Å². The van der Waals surface area contributed by atoms with E-state index in [4.69, 9.17) is 14.2 Å². The first-order chi connectivity index (χ1) is 18.9. The number of carbonyl (C=O) groups excluding carboxylic acids is 2. The fourth-order valence-electron chi connectivity index (χ4n) is 6.14. The Morgan fingerprint density at radius 3 is 2.33 bits per heavy atom. The number of carbonyl (C=O) groups is 2. The van der Waals surface area contributed by atoms with E-state index in [2.05, 4.69) is 24.1 Å². The van der Waals surface area contributed by atoms with Gasteiger partial charge in [0.25, 0.3) is 5.91 Å². The van der Waals surface area contributed by atoms with Crippen molar-refractivity contribution in [2.45, 2.75) is 77.3 Å². The number of nitrogens with zero attached hydrogens (tertiary/aromatic N) is 2. The number of hydrogen-bond donors (Lipinski definition) is 1. The van der Waals surface area contributed by atoms with Gasteiger partial charge in [0.1, 0.15) is 0 Å². The SMILES string of the molecule is COCCCOc1cc(C(=O)N(C[C@@H]2CNC[C@H]2CN(C(=O)CC2CCCC2)C2CC2)C(C)C)ccc1OC. The monoisotopic (exact) mass is 543 g/mol. The molecular weight excluding hydrogens is 494 g/mol. The molecule has 0 aromatic heterocycles. The van der Waals surface area contributed by atoms with E-state index in [1.165, 1.54) is 25.7 Å². The van der Waals surface area contributed by atoms with Crippen LogP contribution in [0.2, 0.25) is 0 Å². The van der Waals surface area contributed by atoms with Crippen LogP contribution in [0.15, 0.2) is 18.2 Å². The first-order valence-electron chi connectivity index (χ1n) is 15.0. The second kappa shape index (κ2) is 14.4. The summed E-state index contributed by atoms with van der Waals surface area (Å²) in [6.07, 6.45) is 8.67. The molecule has 1 saturated heterocycles. The molecule has 0 spiro atoms. The van der Waals surface area contributed by atoms with E-state index >= 15 is 0 Å². The first kappa shape index (κ1) is 29.7. The van der Waals surface area contributed by atoms with E-state index < -0.39 is 0 Å². The molecule has 1 aromatic carbocycles. The summed E-state index contributed by atoms with van der Waals surface area (Å²) in [7, 11) is 3.28. The summed E-state index contributed by atoms with van der Waals surface area (Å²) in [6.45, 7) is 8.48. The summed E-state index contributed by atoms with van der Waals surface area (Å²) in [5.41, 5.74) is 0.597. The van der Waals surface area contributed by atoms with Crippen molar-refractivity contribution in [1.29, 1.82) is 0 Å². The second-order valence-electron chi connectivity index (χ2n) is 11.9. The van der Waals surface area contributed by atoms with E-state index in [-0.39, 0.29) is 11.9 Å². The van der Waals surface area contributed by atoms with Crippen LogP contribution in [0, 0.1) is 17.8 Å². The van der Waals surface area contributed by atoms with Crippen molar-refractivity contribution < 1.29 is 23.8 Å². The van der Waals surface area contributed by atoms with Gasteiger partial charge in [0.05, 0.1) is 13.7 Å². The Hall–Kier alpha value is -2.32. The molecule has 0 bridgehead atoms. The van der Waals surface area contributed by atoms with Crippen LogP contribution in [-0.2, 0) is 9.53 Å². The van der Waals surface area contributed by atoms with E-state index in [0.29, 0.717) is 72.9 Å². The molecular formula is C31H49N3O5. The van der Waals surface area contributed by atoms with Gasteiger partial charge in [0, 0.05) is 70.4 Å². The highest BCUT2D eigenvalue weighted by molar-refractivity contribution is 5.95. The third-order valence-electron chi connectivity index (χ3n) is 8.63. The maximum absolute atomic E-state index is 13.8. The summed E-state index contributed by atoms with van der Waals surface area (Å²) >= 11 is 0. The molecule has 0 unspecified atom stereocenters. The normalized spacial score (nSPS) is 21.4. The molecule has 3 fully saturated rings. The average Bonchev–Trinajstić information content (AvgIpc) is 3.45. The smallest absolute Gasteiger partial charge is 0.254 e. The van der Waals surface area contributed by atoms with Gasteiger partial charge >= 0.3 is 0 Å². The van der Waals surface area contributed by atoms with Crippen molar-refractivity contribution in [2.75, 3.05) is 53.6 Å². The van der Waals surface area contributed by atoms with Crippen LogP contribution in [0.1, 0.15) is 75.6 Å². The summed E-state index contributed by atoms with van der Waals surface area (Å²) in [4.78, 5) is 31.3. The highest BCUT2D eigenvalue weighted by Crippen LogP contribution is 2.34. The molecule has 39 heavy (non-hydrogen) atoms. The van der Waals surface area contributed by atoms with E-state index in [1.54, 1.807) is 26.4 Å². The van der Waals surface area contributed by atoms with Gasteiger partial charge in [0.2, 0.25) is 5.91 Å². The fraction of sp³-hybridized carbons (Fsp3) is 0.742. The molecule has 3 aliphatic rings. The van der Waals surface area contributed by atoms with Crippen molar-refractivity contribution >= 4 is 11.8 Å². The zero-order valence-electron chi connectivity index (χ0n) is 24.5. The number of rotatable bonds is 15. The lowest BCUT2D eigenvalue weighted by atomic mass is 9.93. The maximum atomic E-state index is 13.8. The van der Waals surface area contributed by atoms with Crippen LogP contribution in [0.5, 0.6) is 11.5 Å². The summed E-state index contributed by atoms with van der Waals surface area (Å²) in [5, 5.41) is 3.56. The molecule has 2 aliphatic carbocycles. The molecule has 1 N–H and O–H groups in total. The minimum Gasteiger partial charge on any atom is -0.493 e. The molecule has 1 aromatic rings. The Morgan fingerprint density at radius 1 is 0.974 bits per heavy atom. The lowest BCUT2D eigenvalue weighted by Gasteiger charge is -2.34. The lowest BCUT2D eigenvalue weighted by molar-refractivity contribution is -0.133. The van der Waals surface area contributed by atoms with Gasteiger partial charge in [-0.25, -0.2) is 0 Å². The zero-order chi connectivity index (χ0) is 27.8. The Bertz CT molecular complexity index is 944. The van der Waals surface area contributed by atoms with Crippen molar-refractivity contribution in [3.63, 3.8) is 0 Å². The molecule has 8 heteroatoms. The standard InChI is InChI=1S/C31H49N3O5/c1-22(2)33(31(36)24-10-13-28(38-4)29(17-24)39-15-7-14-37-3)20-25-18-32-19-26(25)21-34(27-11-12-27)30(35)16-23-8-5-6-9-23/h10,13,17,22-23,25-27,32H,5-9,11-12,14-16,18-21H2,1-4H3/t25-,26-/m0/s1.